The molecule has 1 aliphatic rings. The molecule has 0 aromatic rings. The lowest BCUT2D eigenvalue weighted by Crippen LogP contribution is -2.01. The topological polar surface area (TPSA) is 38.8 Å². The summed E-state index contributed by atoms with van der Waals surface area (Å²) in [4.78, 5) is 10.8. The van der Waals surface area contributed by atoms with Gasteiger partial charge in [-0.3, -0.25) is 0 Å². The summed E-state index contributed by atoms with van der Waals surface area (Å²) >= 11 is 0. The van der Waals surface area contributed by atoms with Gasteiger partial charge < -0.3 is 9.47 Å². The average molecular weight is 296 g/mol. The number of carbonyl (C=O) groups is 1. The van der Waals surface area contributed by atoms with E-state index < -0.39 is 0 Å². The lowest BCUT2D eigenvalue weighted by molar-refractivity contribution is -0.137. The van der Waals surface area contributed by atoms with E-state index in [4.69, 9.17) is 9.47 Å². The number of unbranched alkanes of at least 4 members (excludes halogenated alkanes) is 10. The van der Waals surface area contributed by atoms with E-state index >= 15 is 0 Å². The first-order chi connectivity index (χ1) is 10.3. The predicted octanol–water partition coefficient (Wildman–Crippen LogP) is 4.80. The molecule has 0 bridgehead atoms. The first kappa shape index (κ1) is 18.2. The standard InChI is InChI=1S/C18H32O3/c1-2-18(19)20-15-13-11-9-7-5-3-4-6-8-10-12-14-17-16-21-17/h2,17H,1,3-16H2. The summed E-state index contributed by atoms with van der Waals surface area (Å²) in [7, 11) is 0. The zero-order valence-electron chi connectivity index (χ0n) is 13.5. The second-order valence-electron chi connectivity index (χ2n) is 6.00. The Hall–Kier alpha value is -0.830. The highest BCUT2D eigenvalue weighted by molar-refractivity contribution is 5.81. The molecule has 1 unspecified atom stereocenters. The van der Waals surface area contributed by atoms with Gasteiger partial charge in [-0.25, -0.2) is 4.79 Å². The molecule has 3 nitrogen and oxygen atoms in total. The molecule has 0 radical (unpaired) electrons. The lowest BCUT2D eigenvalue weighted by atomic mass is 10.0. The Morgan fingerprint density at radius 3 is 1.90 bits per heavy atom. The third-order valence-electron chi connectivity index (χ3n) is 3.98. The van der Waals surface area contributed by atoms with Crippen molar-refractivity contribution in [1.82, 2.24) is 0 Å². The summed E-state index contributed by atoms with van der Waals surface area (Å²) in [5.41, 5.74) is 0. The van der Waals surface area contributed by atoms with Gasteiger partial charge in [0.15, 0.2) is 0 Å². The molecular weight excluding hydrogens is 264 g/mol. The fraction of sp³-hybridized carbons (Fsp3) is 0.833. The van der Waals surface area contributed by atoms with Crippen molar-refractivity contribution < 1.29 is 14.3 Å². The van der Waals surface area contributed by atoms with Crippen LogP contribution in [0.5, 0.6) is 0 Å². The molecule has 0 aromatic heterocycles. The second kappa shape index (κ2) is 12.9. The summed E-state index contributed by atoms with van der Waals surface area (Å²) in [5, 5.41) is 0. The first-order valence-corrected chi connectivity index (χ1v) is 8.73. The molecule has 0 aliphatic carbocycles. The molecule has 0 amide bonds. The zero-order valence-corrected chi connectivity index (χ0v) is 13.5. The van der Waals surface area contributed by atoms with E-state index in [9.17, 15) is 4.79 Å². The molecule has 21 heavy (non-hydrogen) atoms. The van der Waals surface area contributed by atoms with Gasteiger partial charge in [-0.05, 0) is 12.8 Å². The van der Waals surface area contributed by atoms with E-state index in [0.29, 0.717) is 12.7 Å². The molecule has 1 heterocycles. The van der Waals surface area contributed by atoms with Crippen molar-refractivity contribution >= 4 is 5.97 Å². The van der Waals surface area contributed by atoms with Gasteiger partial charge in [0.05, 0.1) is 19.3 Å². The SMILES string of the molecule is C=CC(=O)OCCCCCCCCCCCCCC1CO1. The van der Waals surface area contributed by atoms with Crippen LogP contribution < -0.4 is 0 Å². The van der Waals surface area contributed by atoms with Crippen LogP contribution >= 0.6 is 0 Å². The molecule has 3 heteroatoms. The van der Waals surface area contributed by atoms with Gasteiger partial charge in [-0.1, -0.05) is 70.8 Å². The third kappa shape index (κ3) is 12.6. The number of rotatable bonds is 15. The van der Waals surface area contributed by atoms with E-state index in [2.05, 4.69) is 6.58 Å². The summed E-state index contributed by atoms with van der Waals surface area (Å²) in [5.74, 6) is -0.306. The highest BCUT2D eigenvalue weighted by Gasteiger charge is 2.20. The minimum atomic E-state index is -0.306. The summed E-state index contributed by atoms with van der Waals surface area (Å²) in [6.45, 7) is 4.92. The fourth-order valence-corrected chi connectivity index (χ4v) is 2.53. The Labute approximate surface area is 130 Å². The number of ether oxygens (including phenoxy) is 2. The van der Waals surface area contributed by atoms with E-state index in [1.807, 2.05) is 0 Å². The van der Waals surface area contributed by atoms with Gasteiger partial charge in [0.2, 0.25) is 0 Å². The summed E-state index contributed by atoms with van der Waals surface area (Å²) < 4.78 is 10.1. The normalized spacial score (nSPS) is 16.7. The molecule has 0 saturated carbocycles. The maximum atomic E-state index is 10.8. The molecule has 1 rings (SSSR count). The largest absolute Gasteiger partial charge is 0.463 e. The van der Waals surface area contributed by atoms with Crippen LogP contribution in [0.4, 0.5) is 0 Å². The number of hydrogen-bond acceptors (Lipinski definition) is 3. The smallest absolute Gasteiger partial charge is 0.330 e. The number of esters is 1. The van der Waals surface area contributed by atoms with Crippen LogP contribution in [-0.2, 0) is 14.3 Å². The Bertz CT molecular complexity index is 272. The van der Waals surface area contributed by atoms with Crippen LogP contribution in [-0.4, -0.2) is 25.3 Å². The maximum Gasteiger partial charge on any atom is 0.330 e. The predicted molar refractivity (Wildman–Crippen MR) is 86.3 cm³/mol. The van der Waals surface area contributed by atoms with Gasteiger partial charge in [0, 0.05) is 6.08 Å². The van der Waals surface area contributed by atoms with Crippen molar-refractivity contribution in [3.8, 4) is 0 Å². The molecular formula is C18H32O3. The van der Waals surface area contributed by atoms with Crippen molar-refractivity contribution in [2.45, 2.75) is 83.2 Å². The first-order valence-electron chi connectivity index (χ1n) is 8.73. The molecule has 1 saturated heterocycles. The van der Waals surface area contributed by atoms with Crippen molar-refractivity contribution in [3.63, 3.8) is 0 Å². The van der Waals surface area contributed by atoms with Crippen LogP contribution in [0.3, 0.4) is 0 Å². The van der Waals surface area contributed by atoms with E-state index in [0.717, 1.165) is 19.4 Å². The van der Waals surface area contributed by atoms with E-state index in [1.165, 1.54) is 70.3 Å². The molecule has 0 spiro atoms. The molecule has 1 fully saturated rings. The van der Waals surface area contributed by atoms with Gasteiger partial charge in [-0.2, -0.15) is 0 Å². The van der Waals surface area contributed by atoms with Crippen molar-refractivity contribution in [1.29, 1.82) is 0 Å². The number of epoxide rings is 1. The summed E-state index contributed by atoms with van der Waals surface area (Å²) in [6, 6.07) is 0. The van der Waals surface area contributed by atoms with Crippen LogP contribution in [0.25, 0.3) is 0 Å². The minimum Gasteiger partial charge on any atom is -0.463 e. The summed E-state index contributed by atoms with van der Waals surface area (Å²) in [6.07, 6.45) is 17.4. The van der Waals surface area contributed by atoms with E-state index in [-0.39, 0.29) is 5.97 Å². The zero-order chi connectivity index (χ0) is 15.2. The Morgan fingerprint density at radius 1 is 0.952 bits per heavy atom. The minimum absolute atomic E-state index is 0.306. The van der Waals surface area contributed by atoms with Gasteiger partial charge in [0.25, 0.3) is 0 Å². The second-order valence-corrected chi connectivity index (χ2v) is 6.00. The number of carbonyl (C=O) groups excluding carboxylic acids is 1. The average Bonchev–Trinajstić information content (AvgIpc) is 3.31. The van der Waals surface area contributed by atoms with Gasteiger partial charge in [-0.15, -0.1) is 0 Å². The van der Waals surface area contributed by atoms with Gasteiger partial charge in [0.1, 0.15) is 0 Å². The third-order valence-corrected chi connectivity index (χ3v) is 3.98. The van der Waals surface area contributed by atoms with Gasteiger partial charge >= 0.3 is 5.97 Å². The molecule has 1 atom stereocenters. The monoisotopic (exact) mass is 296 g/mol. The van der Waals surface area contributed by atoms with Crippen LogP contribution in [0.1, 0.15) is 77.0 Å². The Kier molecular flexibility index (Phi) is 11.2. The molecule has 0 N–H and O–H groups in total. The number of hydrogen-bond donors (Lipinski definition) is 0. The molecule has 0 aromatic carbocycles. The highest BCUT2D eigenvalue weighted by Crippen LogP contribution is 2.18. The van der Waals surface area contributed by atoms with Crippen molar-refractivity contribution in [2.24, 2.45) is 0 Å². The van der Waals surface area contributed by atoms with Crippen LogP contribution in [0, 0.1) is 0 Å². The van der Waals surface area contributed by atoms with Crippen molar-refractivity contribution in [2.75, 3.05) is 13.2 Å². The highest BCUT2D eigenvalue weighted by atomic mass is 16.6. The van der Waals surface area contributed by atoms with Crippen LogP contribution in [0.15, 0.2) is 12.7 Å². The quantitative estimate of drug-likeness (QED) is 0.189. The van der Waals surface area contributed by atoms with Crippen LogP contribution in [0.2, 0.25) is 0 Å². The molecule has 122 valence electrons. The lowest BCUT2D eigenvalue weighted by Gasteiger charge is -2.03. The Morgan fingerprint density at radius 2 is 1.43 bits per heavy atom. The van der Waals surface area contributed by atoms with E-state index in [1.54, 1.807) is 0 Å². The van der Waals surface area contributed by atoms with Crippen molar-refractivity contribution in [3.05, 3.63) is 12.7 Å². The Balaban J connectivity index is 1.64. The maximum absolute atomic E-state index is 10.8. The molecule has 1 aliphatic heterocycles. The fourth-order valence-electron chi connectivity index (χ4n) is 2.53.